The van der Waals surface area contributed by atoms with Crippen LogP contribution in [-0.4, -0.2) is 5.11 Å². The molecule has 0 aliphatic heterocycles. The molecule has 0 spiro atoms. The molecule has 2 aromatic rings. The number of aryl methyl sites for hydroxylation is 2. The van der Waals surface area contributed by atoms with Crippen LogP contribution in [-0.2, 0) is 19.3 Å². The van der Waals surface area contributed by atoms with Gasteiger partial charge in [-0.05, 0) is 61.1 Å². The predicted molar refractivity (Wildman–Crippen MR) is 85.7 cm³/mol. The van der Waals surface area contributed by atoms with E-state index in [1.165, 1.54) is 41.8 Å². The fourth-order valence-corrected chi connectivity index (χ4v) is 4.30. The number of benzene rings is 1. The third kappa shape index (κ3) is 3.47. The molecule has 0 fully saturated rings. The molecule has 0 radical (unpaired) electrons. The van der Waals surface area contributed by atoms with Gasteiger partial charge in [0.05, 0.1) is 6.10 Å². The minimum atomic E-state index is -0.610. The largest absolute Gasteiger partial charge is 0.387 e. The van der Waals surface area contributed by atoms with Gasteiger partial charge in [-0.2, -0.15) is 0 Å². The second kappa shape index (κ2) is 6.47. The van der Waals surface area contributed by atoms with E-state index in [0.717, 1.165) is 17.7 Å². The molecule has 1 N–H and O–H groups in total. The highest BCUT2D eigenvalue weighted by atomic mass is 35.5. The monoisotopic (exact) mass is 324 g/mol. The quantitative estimate of drug-likeness (QED) is 0.780. The number of hydrogen-bond acceptors (Lipinski definition) is 2. The first kappa shape index (κ1) is 15.0. The van der Waals surface area contributed by atoms with Crippen molar-refractivity contribution in [1.29, 1.82) is 0 Å². The van der Waals surface area contributed by atoms with E-state index in [9.17, 15) is 9.50 Å². The Labute approximate surface area is 133 Å². The Morgan fingerprint density at radius 2 is 2.00 bits per heavy atom. The second-order valence-corrected chi connectivity index (χ2v) is 7.19. The highest BCUT2D eigenvalue weighted by Crippen LogP contribution is 2.34. The molecule has 1 aliphatic carbocycles. The predicted octanol–water partition coefficient (Wildman–Crippen LogP) is 5.09. The number of aliphatic hydroxyl groups excluding tert-OH is 1. The Bertz CT molecular complexity index is 614. The number of halogens is 2. The van der Waals surface area contributed by atoms with E-state index in [4.69, 9.17) is 11.6 Å². The van der Waals surface area contributed by atoms with E-state index in [-0.39, 0.29) is 5.82 Å². The lowest BCUT2D eigenvalue weighted by molar-refractivity contribution is 0.182. The molecule has 3 rings (SSSR count). The first-order chi connectivity index (χ1) is 10.1. The van der Waals surface area contributed by atoms with E-state index in [1.54, 1.807) is 17.4 Å². The SMILES string of the molecule is OC(Cc1cc(F)ccc1Cl)c1cc2c(s1)CCCCC2. The number of fused-ring (bicyclic) bond motifs is 1. The van der Waals surface area contributed by atoms with E-state index in [2.05, 4.69) is 6.07 Å². The number of hydrogen-bond donors (Lipinski definition) is 1. The van der Waals surface area contributed by atoms with Crippen molar-refractivity contribution in [1.82, 2.24) is 0 Å². The van der Waals surface area contributed by atoms with Gasteiger partial charge in [-0.25, -0.2) is 4.39 Å². The molecule has 1 unspecified atom stereocenters. The van der Waals surface area contributed by atoms with Crippen molar-refractivity contribution >= 4 is 22.9 Å². The van der Waals surface area contributed by atoms with Gasteiger partial charge in [-0.15, -0.1) is 11.3 Å². The topological polar surface area (TPSA) is 20.2 Å². The standard InChI is InChI=1S/C17H18ClFOS/c18-14-7-6-13(19)8-12(14)9-15(20)17-10-11-4-2-1-3-5-16(11)21-17/h6-8,10,15,20H,1-5,9H2. The number of rotatable bonds is 3. The van der Waals surface area contributed by atoms with Crippen LogP contribution in [0.15, 0.2) is 24.3 Å². The van der Waals surface area contributed by atoms with Crippen LogP contribution in [0, 0.1) is 5.82 Å². The molecule has 0 saturated heterocycles. The Morgan fingerprint density at radius 3 is 2.86 bits per heavy atom. The molecule has 1 atom stereocenters. The van der Waals surface area contributed by atoms with Gasteiger partial charge in [0, 0.05) is 21.2 Å². The van der Waals surface area contributed by atoms with Crippen LogP contribution in [0.25, 0.3) is 0 Å². The Morgan fingerprint density at radius 1 is 1.19 bits per heavy atom. The first-order valence-electron chi connectivity index (χ1n) is 7.37. The molecular weight excluding hydrogens is 307 g/mol. The van der Waals surface area contributed by atoms with E-state index < -0.39 is 6.10 Å². The molecule has 1 nitrogen and oxygen atoms in total. The minimum Gasteiger partial charge on any atom is -0.387 e. The van der Waals surface area contributed by atoms with E-state index >= 15 is 0 Å². The molecule has 0 saturated carbocycles. The lowest BCUT2D eigenvalue weighted by Gasteiger charge is -2.10. The zero-order valence-corrected chi connectivity index (χ0v) is 13.3. The molecule has 1 heterocycles. The van der Waals surface area contributed by atoms with Gasteiger partial charge in [-0.1, -0.05) is 18.0 Å². The second-order valence-electron chi connectivity index (χ2n) is 5.61. The molecule has 1 aromatic carbocycles. The summed E-state index contributed by atoms with van der Waals surface area (Å²) in [5, 5.41) is 10.9. The lowest BCUT2D eigenvalue weighted by Crippen LogP contribution is -2.01. The summed E-state index contributed by atoms with van der Waals surface area (Å²) in [6.45, 7) is 0. The van der Waals surface area contributed by atoms with Crippen molar-refractivity contribution in [2.75, 3.05) is 0 Å². The summed E-state index contributed by atoms with van der Waals surface area (Å²) in [5.74, 6) is -0.316. The van der Waals surface area contributed by atoms with Crippen molar-refractivity contribution < 1.29 is 9.50 Å². The highest BCUT2D eigenvalue weighted by molar-refractivity contribution is 7.12. The highest BCUT2D eigenvalue weighted by Gasteiger charge is 2.18. The summed E-state index contributed by atoms with van der Waals surface area (Å²) < 4.78 is 13.3. The van der Waals surface area contributed by atoms with Gasteiger partial charge in [-0.3, -0.25) is 0 Å². The van der Waals surface area contributed by atoms with Crippen molar-refractivity contribution in [3.8, 4) is 0 Å². The summed E-state index contributed by atoms with van der Waals surface area (Å²) in [7, 11) is 0. The average Bonchev–Trinajstić information content (AvgIpc) is 2.74. The third-order valence-electron chi connectivity index (χ3n) is 4.02. The lowest BCUT2D eigenvalue weighted by atomic mass is 10.1. The summed E-state index contributed by atoms with van der Waals surface area (Å²) in [4.78, 5) is 2.38. The van der Waals surface area contributed by atoms with Crippen LogP contribution < -0.4 is 0 Å². The number of aliphatic hydroxyl groups is 1. The molecule has 21 heavy (non-hydrogen) atoms. The van der Waals surface area contributed by atoms with Crippen LogP contribution in [0.5, 0.6) is 0 Å². The fraction of sp³-hybridized carbons (Fsp3) is 0.412. The molecule has 4 heteroatoms. The van der Waals surface area contributed by atoms with Crippen LogP contribution in [0.1, 0.15) is 46.2 Å². The van der Waals surface area contributed by atoms with Crippen molar-refractivity contribution in [2.45, 2.75) is 44.6 Å². The summed E-state index contributed by atoms with van der Waals surface area (Å²) in [6, 6.07) is 6.42. The minimum absolute atomic E-state index is 0.316. The fourth-order valence-electron chi connectivity index (χ4n) is 2.86. The van der Waals surface area contributed by atoms with Crippen LogP contribution in [0.4, 0.5) is 4.39 Å². The first-order valence-corrected chi connectivity index (χ1v) is 8.56. The zero-order valence-electron chi connectivity index (χ0n) is 11.7. The van der Waals surface area contributed by atoms with Crippen LogP contribution in [0.2, 0.25) is 5.02 Å². The van der Waals surface area contributed by atoms with Gasteiger partial charge >= 0.3 is 0 Å². The van der Waals surface area contributed by atoms with Gasteiger partial charge in [0.15, 0.2) is 0 Å². The maximum atomic E-state index is 13.3. The van der Waals surface area contributed by atoms with Crippen LogP contribution >= 0.6 is 22.9 Å². The van der Waals surface area contributed by atoms with Gasteiger partial charge in [0.1, 0.15) is 5.82 Å². The van der Waals surface area contributed by atoms with E-state index in [0.29, 0.717) is 17.0 Å². The molecule has 1 aliphatic rings. The normalized spacial score (nSPS) is 16.3. The van der Waals surface area contributed by atoms with Gasteiger partial charge < -0.3 is 5.11 Å². The Kier molecular flexibility index (Phi) is 4.63. The van der Waals surface area contributed by atoms with Gasteiger partial charge in [0.25, 0.3) is 0 Å². The van der Waals surface area contributed by atoms with Crippen molar-refractivity contribution in [2.24, 2.45) is 0 Å². The summed E-state index contributed by atoms with van der Waals surface area (Å²) in [6.07, 6.45) is 5.73. The zero-order chi connectivity index (χ0) is 14.8. The van der Waals surface area contributed by atoms with E-state index in [1.807, 2.05) is 0 Å². The molecular formula is C17H18ClFOS. The van der Waals surface area contributed by atoms with Crippen molar-refractivity contribution in [3.63, 3.8) is 0 Å². The summed E-state index contributed by atoms with van der Waals surface area (Å²) >= 11 is 7.78. The maximum Gasteiger partial charge on any atom is 0.123 e. The van der Waals surface area contributed by atoms with Crippen LogP contribution in [0.3, 0.4) is 0 Å². The Balaban J connectivity index is 1.79. The molecule has 112 valence electrons. The maximum absolute atomic E-state index is 13.3. The number of thiophene rings is 1. The molecule has 0 bridgehead atoms. The smallest absolute Gasteiger partial charge is 0.123 e. The average molecular weight is 325 g/mol. The molecule has 1 aromatic heterocycles. The Hall–Kier alpha value is -0.900. The third-order valence-corrected chi connectivity index (χ3v) is 5.72. The molecule has 0 amide bonds. The van der Waals surface area contributed by atoms with Gasteiger partial charge in [0.2, 0.25) is 0 Å². The van der Waals surface area contributed by atoms with Crippen molar-refractivity contribution in [3.05, 3.63) is 56.0 Å². The summed E-state index contributed by atoms with van der Waals surface area (Å²) in [5.41, 5.74) is 2.05.